The summed E-state index contributed by atoms with van der Waals surface area (Å²) in [4.78, 5) is 14.2. The maximum atomic E-state index is 12.4. The van der Waals surface area contributed by atoms with E-state index < -0.39 is 0 Å². The highest BCUT2D eigenvalue weighted by atomic mass is 16.5. The molecule has 1 aromatic heterocycles. The van der Waals surface area contributed by atoms with Gasteiger partial charge >= 0.3 is 0 Å². The van der Waals surface area contributed by atoms with E-state index in [0.717, 1.165) is 11.3 Å². The van der Waals surface area contributed by atoms with Gasteiger partial charge in [-0.05, 0) is 5.92 Å². The third-order valence-electron chi connectivity index (χ3n) is 3.06. The zero-order chi connectivity index (χ0) is 12.4. The Balaban J connectivity index is 2.24. The Morgan fingerprint density at radius 2 is 2.06 bits per heavy atom. The van der Waals surface area contributed by atoms with Crippen molar-refractivity contribution in [2.24, 2.45) is 7.05 Å². The van der Waals surface area contributed by atoms with Crippen molar-refractivity contribution in [3.8, 4) is 0 Å². The Hall–Kier alpha value is -1.36. The molecule has 0 unspecified atom stereocenters. The zero-order valence-corrected chi connectivity index (χ0v) is 10.6. The molecule has 0 spiro atoms. The van der Waals surface area contributed by atoms with Crippen molar-refractivity contribution in [2.45, 2.75) is 19.8 Å². The van der Waals surface area contributed by atoms with E-state index >= 15 is 0 Å². The minimum absolute atomic E-state index is 0.0742. The van der Waals surface area contributed by atoms with Crippen LogP contribution in [0.3, 0.4) is 0 Å². The summed E-state index contributed by atoms with van der Waals surface area (Å²) in [7, 11) is 1.88. The van der Waals surface area contributed by atoms with Crippen LogP contribution in [-0.2, 0) is 11.8 Å². The zero-order valence-electron chi connectivity index (χ0n) is 10.6. The second kappa shape index (κ2) is 4.87. The number of aromatic nitrogens is 2. The third kappa shape index (κ3) is 2.34. The molecule has 1 aliphatic rings. The molecule has 0 aromatic carbocycles. The third-order valence-corrected chi connectivity index (χ3v) is 3.06. The van der Waals surface area contributed by atoms with Gasteiger partial charge in [0.2, 0.25) is 0 Å². The molecule has 0 atom stereocenters. The van der Waals surface area contributed by atoms with E-state index in [9.17, 15) is 4.79 Å². The van der Waals surface area contributed by atoms with Crippen LogP contribution >= 0.6 is 0 Å². The fourth-order valence-electron chi connectivity index (χ4n) is 2.23. The van der Waals surface area contributed by atoms with Crippen molar-refractivity contribution in [1.82, 2.24) is 14.7 Å². The van der Waals surface area contributed by atoms with Gasteiger partial charge in [0.05, 0.1) is 30.7 Å². The fraction of sp³-hybridized carbons (Fsp3) is 0.667. The largest absolute Gasteiger partial charge is 0.378 e. The summed E-state index contributed by atoms with van der Waals surface area (Å²) in [5.74, 6) is 0.368. The van der Waals surface area contributed by atoms with E-state index in [1.54, 1.807) is 10.9 Å². The minimum Gasteiger partial charge on any atom is -0.378 e. The Bertz CT molecular complexity index is 406. The molecular weight excluding hydrogens is 218 g/mol. The molecule has 0 radical (unpaired) electrons. The van der Waals surface area contributed by atoms with E-state index in [0.29, 0.717) is 32.2 Å². The molecule has 0 N–H and O–H groups in total. The number of amides is 1. The molecule has 94 valence electrons. The van der Waals surface area contributed by atoms with Crippen molar-refractivity contribution >= 4 is 5.91 Å². The standard InChI is InChI=1S/C12H19N3O2/c1-9(2)11-10(8-13-14(11)3)12(16)15-4-6-17-7-5-15/h8-9H,4-7H2,1-3H3. The predicted molar refractivity (Wildman–Crippen MR) is 64.0 cm³/mol. The Kier molecular flexibility index (Phi) is 3.47. The summed E-state index contributed by atoms with van der Waals surface area (Å²) in [6, 6.07) is 0. The van der Waals surface area contributed by atoms with E-state index in [4.69, 9.17) is 4.74 Å². The molecule has 0 aliphatic carbocycles. The van der Waals surface area contributed by atoms with Crippen LogP contribution in [0.25, 0.3) is 0 Å². The molecule has 1 amide bonds. The lowest BCUT2D eigenvalue weighted by atomic mass is 10.0. The molecule has 5 heteroatoms. The molecule has 2 rings (SSSR count). The highest BCUT2D eigenvalue weighted by molar-refractivity contribution is 5.95. The van der Waals surface area contributed by atoms with Crippen molar-refractivity contribution in [3.05, 3.63) is 17.5 Å². The molecule has 5 nitrogen and oxygen atoms in total. The number of aryl methyl sites for hydroxylation is 1. The maximum absolute atomic E-state index is 12.4. The Morgan fingerprint density at radius 1 is 1.41 bits per heavy atom. The van der Waals surface area contributed by atoms with Gasteiger partial charge in [-0.25, -0.2) is 0 Å². The molecule has 0 saturated carbocycles. The summed E-state index contributed by atoms with van der Waals surface area (Å²) in [5.41, 5.74) is 1.73. The average molecular weight is 237 g/mol. The van der Waals surface area contributed by atoms with Gasteiger partial charge in [-0.15, -0.1) is 0 Å². The van der Waals surface area contributed by atoms with Crippen LogP contribution in [0.5, 0.6) is 0 Å². The highest BCUT2D eigenvalue weighted by Crippen LogP contribution is 2.20. The lowest BCUT2D eigenvalue weighted by Gasteiger charge is -2.27. The van der Waals surface area contributed by atoms with Gasteiger partial charge < -0.3 is 9.64 Å². The molecule has 1 aromatic rings. The lowest BCUT2D eigenvalue weighted by molar-refractivity contribution is 0.0302. The van der Waals surface area contributed by atoms with Crippen LogP contribution in [0.1, 0.15) is 35.8 Å². The van der Waals surface area contributed by atoms with Gasteiger partial charge in [0.1, 0.15) is 0 Å². The normalized spacial score (nSPS) is 16.6. The van der Waals surface area contributed by atoms with Crippen LogP contribution in [0.2, 0.25) is 0 Å². The molecule has 2 heterocycles. The number of ether oxygens (including phenoxy) is 1. The van der Waals surface area contributed by atoms with Gasteiger partial charge in [0, 0.05) is 20.1 Å². The first-order chi connectivity index (χ1) is 8.11. The van der Waals surface area contributed by atoms with E-state index in [1.807, 2.05) is 11.9 Å². The average Bonchev–Trinajstić information content (AvgIpc) is 2.71. The number of hydrogen-bond donors (Lipinski definition) is 0. The summed E-state index contributed by atoms with van der Waals surface area (Å²) in [5, 5.41) is 4.19. The van der Waals surface area contributed by atoms with Gasteiger partial charge in [0.15, 0.2) is 0 Å². The first-order valence-corrected chi connectivity index (χ1v) is 6.00. The molecule has 0 bridgehead atoms. The summed E-state index contributed by atoms with van der Waals surface area (Å²) < 4.78 is 7.04. The molecular formula is C12H19N3O2. The van der Waals surface area contributed by atoms with Crippen LogP contribution in [-0.4, -0.2) is 46.9 Å². The maximum Gasteiger partial charge on any atom is 0.257 e. The number of rotatable bonds is 2. The minimum atomic E-state index is 0.0742. The quantitative estimate of drug-likeness (QED) is 0.771. The SMILES string of the molecule is CC(C)c1c(C(=O)N2CCOCC2)cnn1C. The predicted octanol–water partition coefficient (Wildman–Crippen LogP) is 1.02. The smallest absolute Gasteiger partial charge is 0.257 e. The topological polar surface area (TPSA) is 47.4 Å². The van der Waals surface area contributed by atoms with Crippen LogP contribution in [0.4, 0.5) is 0 Å². The van der Waals surface area contributed by atoms with Crippen molar-refractivity contribution in [3.63, 3.8) is 0 Å². The highest BCUT2D eigenvalue weighted by Gasteiger charge is 2.24. The number of carbonyl (C=O) groups is 1. The number of carbonyl (C=O) groups excluding carboxylic acids is 1. The second-order valence-electron chi connectivity index (χ2n) is 4.63. The first kappa shape index (κ1) is 12.1. The number of morpholine rings is 1. The van der Waals surface area contributed by atoms with E-state index in [2.05, 4.69) is 18.9 Å². The fourth-order valence-corrected chi connectivity index (χ4v) is 2.23. The van der Waals surface area contributed by atoms with E-state index in [1.165, 1.54) is 0 Å². The summed E-state index contributed by atoms with van der Waals surface area (Å²) in [6.45, 7) is 6.75. The Morgan fingerprint density at radius 3 is 2.65 bits per heavy atom. The van der Waals surface area contributed by atoms with Gasteiger partial charge in [-0.2, -0.15) is 5.10 Å². The molecule has 1 aliphatic heterocycles. The first-order valence-electron chi connectivity index (χ1n) is 6.00. The van der Waals surface area contributed by atoms with Crippen LogP contribution < -0.4 is 0 Å². The van der Waals surface area contributed by atoms with Crippen molar-refractivity contribution in [1.29, 1.82) is 0 Å². The van der Waals surface area contributed by atoms with Crippen LogP contribution in [0, 0.1) is 0 Å². The van der Waals surface area contributed by atoms with Crippen molar-refractivity contribution in [2.75, 3.05) is 26.3 Å². The summed E-state index contributed by atoms with van der Waals surface area (Å²) >= 11 is 0. The number of hydrogen-bond acceptors (Lipinski definition) is 3. The molecule has 1 fully saturated rings. The van der Waals surface area contributed by atoms with Crippen LogP contribution in [0.15, 0.2) is 6.20 Å². The number of nitrogens with zero attached hydrogens (tertiary/aromatic N) is 3. The Labute approximate surface area is 101 Å². The van der Waals surface area contributed by atoms with Crippen molar-refractivity contribution < 1.29 is 9.53 Å². The monoisotopic (exact) mass is 237 g/mol. The van der Waals surface area contributed by atoms with Gasteiger partial charge in [-0.3, -0.25) is 9.48 Å². The molecule has 1 saturated heterocycles. The van der Waals surface area contributed by atoms with Gasteiger partial charge in [0.25, 0.3) is 5.91 Å². The summed E-state index contributed by atoms with van der Waals surface area (Å²) in [6.07, 6.45) is 1.67. The second-order valence-corrected chi connectivity index (χ2v) is 4.63. The van der Waals surface area contributed by atoms with Gasteiger partial charge in [-0.1, -0.05) is 13.8 Å². The van der Waals surface area contributed by atoms with E-state index in [-0.39, 0.29) is 5.91 Å². The molecule has 17 heavy (non-hydrogen) atoms. The lowest BCUT2D eigenvalue weighted by Crippen LogP contribution is -2.41.